The normalized spacial score (nSPS) is 11.2. The van der Waals surface area contributed by atoms with Crippen molar-refractivity contribution in [3.8, 4) is 17.3 Å². The molecular formula is C16H11Cl2N5O. The van der Waals surface area contributed by atoms with Crippen molar-refractivity contribution in [3.05, 3.63) is 58.1 Å². The number of halogens is 2. The van der Waals surface area contributed by atoms with Gasteiger partial charge in [-0.15, -0.1) is 10.2 Å². The number of tetrazole rings is 1. The van der Waals surface area contributed by atoms with Crippen LogP contribution in [-0.2, 0) is 6.54 Å². The van der Waals surface area contributed by atoms with Crippen LogP contribution < -0.4 is 0 Å². The van der Waals surface area contributed by atoms with E-state index in [1.165, 1.54) is 0 Å². The zero-order valence-electron chi connectivity index (χ0n) is 12.2. The highest BCUT2D eigenvalue weighted by atomic mass is 35.5. The van der Waals surface area contributed by atoms with Gasteiger partial charge in [-0.3, -0.25) is 0 Å². The number of aromatic amines is 1. The molecular weight excluding hydrogens is 349 g/mol. The smallest absolute Gasteiger partial charge is 0.221 e. The van der Waals surface area contributed by atoms with Gasteiger partial charge in [0.25, 0.3) is 0 Å². The Hall–Kier alpha value is -2.57. The van der Waals surface area contributed by atoms with Crippen molar-refractivity contribution in [1.82, 2.24) is 25.2 Å². The molecule has 0 saturated heterocycles. The first-order valence-corrected chi connectivity index (χ1v) is 7.87. The van der Waals surface area contributed by atoms with Crippen LogP contribution in [0, 0.1) is 0 Å². The van der Waals surface area contributed by atoms with Crippen molar-refractivity contribution in [2.75, 3.05) is 0 Å². The van der Waals surface area contributed by atoms with Crippen molar-refractivity contribution in [2.24, 2.45) is 0 Å². The van der Waals surface area contributed by atoms with E-state index in [0.717, 1.165) is 22.2 Å². The van der Waals surface area contributed by atoms with Crippen molar-refractivity contribution in [2.45, 2.75) is 6.54 Å². The lowest BCUT2D eigenvalue weighted by atomic mass is 10.2. The number of nitrogens with one attached hydrogen (secondary N) is 1. The molecule has 0 saturated carbocycles. The number of hydrogen-bond acceptors (Lipinski definition) is 4. The van der Waals surface area contributed by atoms with Crippen LogP contribution in [0.2, 0.25) is 10.0 Å². The Morgan fingerprint density at radius 2 is 1.92 bits per heavy atom. The summed E-state index contributed by atoms with van der Waals surface area (Å²) in [6.45, 7) is 0.551. The maximum absolute atomic E-state index is 9.73. The van der Waals surface area contributed by atoms with Gasteiger partial charge < -0.3 is 9.67 Å². The first-order valence-electron chi connectivity index (χ1n) is 7.12. The number of rotatable bonds is 3. The van der Waals surface area contributed by atoms with Crippen LogP contribution in [0.15, 0.2) is 42.5 Å². The number of H-pyrrole nitrogens is 1. The molecule has 120 valence electrons. The van der Waals surface area contributed by atoms with Crippen molar-refractivity contribution in [1.29, 1.82) is 0 Å². The van der Waals surface area contributed by atoms with Gasteiger partial charge in [0, 0.05) is 17.4 Å². The molecule has 0 atom stereocenters. The minimum atomic E-state index is 0.203. The average molecular weight is 360 g/mol. The first kappa shape index (κ1) is 15.0. The van der Waals surface area contributed by atoms with Gasteiger partial charge in [0.05, 0.1) is 15.7 Å². The second-order valence-electron chi connectivity index (χ2n) is 5.34. The van der Waals surface area contributed by atoms with Gasteiger partial charge in [0.2, 0.25) is 5.82 Å². The third-order valence-electron chi connectivity index (χ3n) is 3.78. The zero-order valence-corrected chi connectivity index (χ0v) is 13.8. The molecule has 2 aromatic carbocycles. The van der Waals surface area contributed by atoms with Crippen LogP contribution in [0.25, 0.3) is 22.4 Å². The van der Waals surface area contributed by atoms with E-state index in [9.17, 15) is 5.11 Å². The van der Waals surface area contributed by atoms with Crippen LogP contribution >= 0.6 is 23.2 Å². The predicted octanol–water partition coefficient (Wildman–Crippen LogP) is 3.88. The fourth-order valence-electron chi connectivity index (χ4n) is 2.70. The van der Waals surface area contributed by atoms with E-state index in [4.69, 9.17) is 23.2 Å². The molecule has 0 radical (unpaired) electrons. The monoisotopic (exact) mass is 359 g/mol. The molecule has 2 heterocycles. The van der Waals surface area contributed by atoms with Crippen LogP contribution in [0.3, 0.4) is 0 Å². The van der Waals surface area contributed by atoms with E-state index in [0.29, 0.717) is 22.4 Å². The number of phenolic OH excluding ortho intramolecular Hbond substituents is 1. The summed E-state index contributed by atoms with van der Waals surface area (Å²) in [6, 6.07) is 12.6. The molecule has 2 N–H and O–H groups in total. The largest absolute Gasteiger partial charge is 0.508 e. The van der Waals surface area contributed by atoms with Crippen LogP contribution in [0.1, 0.15) is 5.56 Å². The van der Waals surface area contributed by atoms with Gasteiger partial charge in [-0.05, 0) is 47.2 Å². The van der Waals surface area contributed by atoms with Gasteiger partial charge >= 0.3 is 0 Å². The van der Waals surface area contributed by atoms with E-state index in [2.05, 4.69) is 20.6 Å². The Balaban J connectivity index is 1.88. The Kier molecular flexibility index (Phi) is 3.63. The molecule has 8 heteroatoms. The summed E-state index contributed by atoms with van der Waals surface area (Å²) in [4.78, 5) is 0. The molecule has 0 amide bonds. The lowest BCUT2D eigenvalue weighted by Crippen LogP contribution is -2.02. The second-order valence-corrected chi connectivity index (χ2v) is 6.16. The lowest BCUT2D eigenvalue weighted by molar-refractivity contribution is 0.476. The average Bonchev–Trinajstić information content (AvgIpc) is 3.19. The predicted molar refractivity (Wildman–Crippen MR) is 92.3 cm³/mol. The van der Waals surface area contributed by atoms with Crippen molar-refractivity contribution < 1.29 is 5.11 Å². The maximum atomic E-state index is 9.73. The summed E-state index contributed by atoms with van der Waals surface area (Å²) < 4.78 is 2.04. The minimum Gasteiger partial charge on any atom is -0.508 e. The Labute approximate surface area is 146 Å². The van der Waals surface area contributed by atoms with Gasteiger partial charge in [-0.25, -0.2) is 0 Å². The number of aromatic hydroxyl groups is 1. The first-order chi connectivity index (χ1) is 11.6. The zero-order chi connectivity index (χ0) is 16.7. The third kappa shape index (κ3) is 2.60. The Morgan fingerprint density at radius 1 is 1.04 bits per heavy atom. The maximum Gasteiger partial charge on any atom is 0.221 e. The number of benzene rings is 2. The Morgan fingerprint density at radius 3 is 2.67 bits per heavy atom. The molecule has 0 unspecified atom stereocenters. The summed E-state index contributed by atoms with van der Waals surface area (Å²) in [6.07, 6.45) is 0. The van der Waals surface area contributed by atoms with E-state index in [1.807, 2.05) is 28.8 Å². The van der Waals surface area contributed by atoms with E-state index < -0.39 is 0 Å². The molecule has 24 heavy (non-hydrogen) atoms. The van der Waals surface area contributed by atoms with E-state index >= 15 is 0 Å². The molecule has 6 nitrogen and oxygen atoms in total. The van der Waals surface area contributed by atoms with Crippen molar-refractivity contribution in [3.63, 3.8) is 0 Å². The van der Waals surface area contributed by atoms with Gasteiger partial charge in [-0.2, -0.15) is 5.21 Å². The van der Waals surface area contributed by atoms with Gasteiger partial charge in [-0.1, -0.05) is 29.3 Å². The van der Waals surface area contributed by atoms with E-state index in [-0.39, 0.29) is 5.75 Å². The summed E-state index contributed by atoms with van der Waals surface area (Å²) in [5.41, 5.74) is 2.72. The standard InChI is InChI=1S/C16H11Cl2N5O/c17-12-3-1-9(5-13(12)18)8-23-14-4-2-11(24)6-10(14)7-15(23)16-19-21-22-20-16/h1-7,24H,8H2,(H,19,20,21,22). The van der Waals surface area contributed by atoms with Crippen LogP contribution in [0.5, 0.6) is 5.75 Å². The van der Waals surface area contributed by atoms with Crippen LogP contribution in [0.4, 0.5) is 0 Å². The van der Waals surface area contributed by atoms with Crippen LogP contribution in [-0.4, -0.2) is 30.3 Å². The molecule has 4 aromatic rings. The van der Waals surface area contributed by atoms with E-state index in [1.54, 1.807) is 18.2 Å². The highest BCUT2D eigenvalue weighted by Gasteiger charge is 2.15. The van der Waals surface area contributed by atoms with Crippen molar-refractivity contribution >= 4 is 34.1 Å². The number of nitrogens with zero attached hydrogens (tertiary/aromatic N) is 4. The molecule has 2 aromatic heterocycles. The SMILES string of the molecule is Oc1ccc2c(c1)cc(-c1nn[nH]n1)n2Cc1ccc(Cl)c(Cl)c1. The Bertz CT molecular complexity index is 1030. The fraction of sp³-hybridized carbons (Fsp3) is 0.0625. The molecule has 0 fully saturated rings. The number of aromatic nitrogens is 5. The highest BCUT2D eigenvalue weighted by Crippen LogP contribution is 2.30. The molecule has 0 bridgehead atoms. The summed E-state index contributed by atoms with van der Waals surface area (Å²) in [5, 5.41) is 25.8. The number of fused-ring (bicyclic) bond motifs is 1. The van der Waals surface area contributed by atoms with Gasteiger partial charge in [0.1, 0.15) is 5.75 Å². The number of phenols is 1. The quantitative estimate of drug-likeness (QED) is 0.581. The highest BCUT2D eigenvalue weighted by molar-refractivity contribution is 6.42. The summed E-state index contributed by atoms with van der Waals surface area (Å²) in [5.74, 6) is 0.680. The molecule has 0 aliphatic heterocycles. The third-order valence-corrected chi connectivity index (χ3v) is 4.52. The second kappa shape index (κ2) is 5.81. The molecule has 0 aliphatic rings. The fourth-order valence-corrected chi connectivity index (χ4v) is 3.03. The molecule has 4 rings (SSSR count). The summed E-state index contributed by atoms with van der Waals surface area (Å²) in [7, 11) is 0. The summed E-state index contributed by atoms with van der Waals surface area (Å²) >= 11 is 12.1. The number of hydrogen-bond donors (Lipinski definition) is 2. The lowest BCUT2D eigenvalue weighted by Gasteiger charge is -2.10. The molecule has 0 spiro atoms. The molecule has 0 aliphatic carbocycles. The topological polar surface area (TPSA) is 79.6 Å². The minimum absolute atomic E-state index is 0.203. The van der Waals surface area contributed by atoms with Gasteiger partial charge in [0.15, 0.2) is 0 Å².